The van der Waals surface area contributed by atoms with Crippen molar-refractivity contribution < 1.29 is 14.7 Å². The molecule has 0 aliphatic heterocycles. The SMILES string of the molecule is CCCCCCN(C)C(=O)CCCCC(=O)O. The smallest absolute Gasteiger partial charge is 0.303 e. The summed E-state index contributed by atoms with van der Waals surface area (Å²) in [4.78, 5) is 23.7. The fraction of sp³-hybridized carbons (Fsp3) is 0.846. The number of carbonyl (C=O) groups is 2. The van der Waals surface area contributed by atoms with Crippen LogP contribution >= 0.6 is 0 Å². The Labute approximate surface area is 104 Å². The standard InChI is InChI=1S/C13H25NO3/c1-3-4-5-8-11-14(2)12(15)9-6-7-10-13(16)17/h3-11H2,1-2H3,(H,16,17). The van der Waals surface area contributed by atoms with Crippen LogP contribution in [0.3, 0.4) is 0 Å². The molecule has 1 amide bonds. The molecule has 0 aliphatic rings. The second kappa shape index (κ2) is 10.1. The monoisotopic (exact) mass is 243 g/mol. The molecule has 0 fully saturated rings. The molecule has 0 unspecified atom stereocenters. The number of aliphatic carboxylic acids is 1. The zero-order valence-electron chi connectivity index (χ0n) is 11.1. The maximum Gasteiger partial charge on any atom is 0.303 e. The van der Waals surface area contributed by atoms with Gasteiger partial charge in [0, 0.05) is 26.4 Å². The largest absolute Gasteiger partial charge is 0.481 e. The molecule has 0 atom stereocenters. The molecule has 0 bridgehead atoms. The van der Waals surface area contributed by atoms with Gasteiger partial charge in [0.05, 0.1) is 0 Å². The summed E-state index contributed by atoms with van der Waals surface area (Å²) >= 11 is 0. The first-order valence-corrected chi connectivity index (χ1v) is 6.53. The predicted octanol–water partition coefficient (Wildman–Crippen LogP) is 2.67. The van der Waals surface area contributed by atoms with Crippen LogP contribution in [0.5, 0.6) is 0 Å². The van der Waals surface area contributed by atoms with Crippen molar-refractivity contribution in [3.8, 4) is 0 Å². The maximum atomic E-state index is 11.6. The number of amides is 1. The van der Waals surface area contributed by atoms with Crippen molar-refractivity contribution in [1.82, 2.24) is 4.90 Å². The molecule has 100 valence electrons. The summed E-state index contributed by atoms with van der Waals surface area (Å²) in [5.74, 6) is -0.655. The Hall–Kier alpha value is -1.06. The van der Waals surface area contributed by atoms with Crippen LogP contribution in [0.4, 0.5) is 0 Å². The minimum atomic E-state index is -0.787. The van der Waals surface area contributed by atoms with E-state index in [0.29, 0.717) is 19.3 Å². The molecular formula is C13H25NO3. The number of carboxylic acid groups (broad SMARTS) is 1. The van der Waals surface area contributed by atoms with Crippen LogP contribution in [-0.4, -0.2) is 35.5 Å². The first kappa shape index (κ1) is 15.9. The minimum Gasteiger partial charge on any atom is -0.481 e. The summed E-state index contributed by atoms with van der Waals surface area (Å²) in [6.07, 6.45) is 6.55. The minimum absolute atomic E-state index is 0.131. The van der Waals surface area contributed by atoms with Gasteiger partial charge < -0.3 is 10.0 Å². The van der Waals surface area contributed by atoms with Crippen LogP contribution in [0.15, 0.2) is 0 Å². The zero-order valence-corrected chi connectivity index (χ0v) is 11.1. The van der Waals surface area contributed by atoms with E-state index in [4.69, 9.17) is 5.11 Å². The molecule has 4 heteroatoms. The number of nitrogens with zero attached hydrogens (tertiary/aromatic N) is 1. The molecule has 0 rings (SSSR count). The van der Waals surface area contributed by atoms with Gasteiger partial charge in [0.2, 0.25) is 5.91 Å². The average molecular weight is 243 g/mol. The fourth-order valence-corrected chi connectivity index (χ4v) is 1.64. The van der Waals surface area contributed by atoms with Crippen LogP contribution in [0.25, 0.3) is 0 Å². The third-order valence-electron chi connectivity index (χ3n) is 2.80. The number of hydrogen-bond donors (Lipinski definition) is 1. The highest BCUT2D eigenvalue weighted by Gasteiger charge is 2.08. The number of unbranched alkanes of at least 4 members (excludes halogenated alkanes) is 4. The topological polar surface area (TPSA) is 57.6 Å². The Balaban J connectivity index is 3.50. The van der Waals surface area contributed by atoms with Gasteiger partial charge in [0.25, 0.3) is 0 Å². The van der Waals surface area contributed by atoms with Gasteiger partial charge in [-0.05, 0) is 19.3 Å². The molecule has 0 spiro atoms. The zero-order chi connectivity index (χ0) is 13.1. The highest BCUT2D eigenvalue weighted by molar-refractivity contribution is 5.75. The van der Waals surface area contributed by atoms with E-state index >= 15 is 0 Å². The van der Waals surface area contributed by atoms with Gasteiger partial charge in [-0.2, -0.15) is 0 Å². The Morgan fingerprint density at radius 1 is 1.00 bits per heavy atom. The lowest BCUT2D eigenvalue weighted by Gasteiger charge is -2.16. The van der Waals surface area contributed by atoms with Gasteiger partial charge in [-0.3, -0.25) is 9.59 Å². The van der Waals surface area contributed by atoms with Crippen molar-refractivity contribution in [3.05, 3.63) is 0 Å². The van der Waals surface area contributed by atoms with Crippen molar-refractivity contribution >= 4 is 11.9 Å². The molecule has 0 aromatic rings. The Morgan fingerprint density at radius 3 is 2.24 bits per heavy atom. The molecule has 0 saturated heterocycles. The number of hydrogen-bond acceptors (Lipinski definition) is 2. The van der Waals surface area contributed by atoms with Crippen molar-refractivity contribution in [2.45, 2.75) is 58.3 Å². The average Bonchev–Trinajstić information content (AvgIpc) is 2.29. The van der Waals surface area contributed by atoms with Crippen LogP contribution in [0.1, 0.15) is 58.3 Å². The van der Waals surface area contributed by atoms with Gasteiger partial charge in [-0.1, -0.05) is 26.2 Å². The van der Waals surface area contributed by atoms with Crippen molar-refractivity contribution in [3.63, 3.8) is 0 Å². The molecule has 1 N–H and O–H groups in total. The lowest BCUT2D eigenvalue weighted by Crippen LogP contribution is -2.27. The van der Waals surface area contributed by atoms with Crippen molar-refractivity contribution in [2.75, 3.05) is 13.6 Å². The second-order valence-electron chi connectivity index (χ2n) is 4.48. The Kier molecular flexibility index (Phi) is 9.49. The van der Waals surface area contributed by atoms with E-state index < -0.39 is 5.97 Å². The summed E-state index contributed by atoms with van der Waals surface area (Å²) < 4.78 is 0. The molecule has 0 aromatic heterocycles. The number of rotatable bonds is 10. The van der Waals surface area contributed by atoms with Crippen LogP contribution in [0.2, 0.25) is 0 Å². The Morgan fingerprint density at radius 2 is 1.65 bits per heavy atom. The van der Waals surface area contributed by atoms with Gasteiger partial charge in [0.1, 0.15) is 0 Å². The molecule has 0 aliphatic carbocycles. The van der Waals surface area contributed by atoms with E-state index in [2.05, 4.69) is 6.92 Å². The van der Waals surface area contributed by atoms with Crippen LogP contribution < -0.4 is 0 Å². The van der Waals surface area contributed by atoms with E-state index in [1.807, 2.05) is 7.05 Å². The molecule has 0 heterocycles. The van der Waals surface area contributed by atoms with Gasteiger partial charge in [0.15, 0.2) is 0 Å². The Bertz CT molecular complexity index is 229. The van der Waals surface area contributed by atoms with Crippen molar-refractivity contribution in [1.29, 1.82) is 0 Å². The molecule has 0 saturated carbocycles. The van der Waals surface area contributed by atoms with E-state index in [1.165, 1.54) is 19.3 Å². The summed E-state index contributed by atoms with van der Waals surface area (Å²) in [6.45, 7) is 2.98. The van der Waals surface area contributed by atoms with Gasteiger partial charge in [-0.25, -0.2) is 0 Å². The van der Waals surface area contributed by atoms with Crippen LogP contribution in [0, 0.1) is 0 Å². The summed E-state index contributed by atoms with van der Waals surface area (Å²) in [6, 6.07) is 0. The molecule has 17 heavy (non-hydrogen) atoms. The fourth-order valence-electron chi connectivity index (χ4n) is 1.64. The van der Waals surface area contributed by atoms with E-state index in [-0.39, 0.29) is 12.3 Å². The second-order valence-corrected chi connectivity index (χ2v) is 4.48. The highest BCUT2D eigenvalue weighted by Crippen LogP contribution is 2.05. The maximum absolute atomic E-state index is 11.6. The summed E-state index contributed by atoms with van der Waals surface area (Å²) in [7, 11) is 1.82. The van der Waals surface area contributed by atoms with Gasteiger partial charge >= 0.3 is 5.97 Å². The lowest BCUT2D eigenvalue weighted by atomic mass is 10.1. The summed E-state index contributed by atoms with van der Waals surface area (Å²) in [5, 5.41) is 8.46. The summed E-state index contributed by atoms with van der Waals surface area (Å²) in [5.41, 5.74) is 0. The number of carboxylic acids is 1. The normalized spacial score (nSPS) is 10.2. The quantitative estimate of drug-likeness (QED) is 0.600. The first-order valence-electron chi connectivity index (χ1n) is 6.53. The molecule has 0 aromatic carbocycles. The van der Waals surface area contributed by atoms with Crippen molar-refractivity contribution in [2.24, 2.45) is 0 Å². The first-order chi connectivity index (χ1) is 8.07. The number of carbonyl (C=O) groups excluding carboxylic acids is 1. The van der Waals surface area contributed by atoms with E-state index in [9.17, 15) is 9.59 Å². The van der Waals surface area contributed by atoms with E-state index in [1.54, 1.807) is 4.90 Å². The molecular weight excluding hydrogens is 218 g/mol. The third-order valence-corrected chi connectivity index (χ3v) is 2.80. The van der Waals surface area contributed by atoms with E-state index in [0.717, 1.165) is 13.0 Å². The molecule has 0 radical (unpaired) electrons. The highest BCUT2D eigenvalue weighted by atomic mass is 16.4. The predicted molar refractivity (Wildman–Crippen MR) is 67.9 cm³/mol. The van der Waals surface area contributed by atoms with Crippen LogP contribution in [-0.2, 0) is 9.59 Å². The third kappa shape index (κ3) is 9.85. The molecule has 4 nitrogen and oxygen atoms in total. The lowest BCUT2D eigenvalue weighted by molar-refractivity contribution is -0.137. The van der Waals surface area contributed by atoms with Gasteiger partial charge in [-0.15, -0.1) is 0 Å².